The van der Waals surface area contributed by atoms with E-state index in [2.05, 4.69) is 15.3 Å². The number of hydrogen-bond donors (Lipinski definition) is 1. The number of methoxy groups -OCH3 is 1. The lowest BCUT2D eigenvalue weighted by atomic mass is 10.0. The van der Waals surface area contributed by atoms with Gasteiger partial charge in [-0.05, 0) is 54.7 Å². The van der Waals surface area contributed by atoms with E-state index in [0.717, 1.165) is 24.1 Å². The molecule has 188 valence electrons. The van der Waals surface area contributed by atoms with Gasteiger partial charge < -0.3 is 19.4 Å². The van der Waals surface area contributed by atoms with Crippen LogP contribution in [0.25, 0.3) is 16.9 Å². The van der Waals surface area contributed by atoms with Crippen LogP contribution in [0.5, 0.6) is 0 Å². The number of amides is 2. The van der Waals surface area contributed by atoms with Crippen LogP contribution >= 0.6 is 0 Å². The molecule has 0 bridgehead atoms. The predicted molar refractivity (Wildman–Crippen MR) is 138 cm³/mol. The Morgan fingerprint density at radius 2 is 1.95 bits per heavy atom. The minimum atomic E-state index is -0.524. The summed E-state index contributed by atoms with van der Waals surface area (Å²) < 4.78 is 6.89. The smallest absolute Gasteiger partial charge is 0.340 e. The van der Waals surface area contributed by atoms with Crippen molar-refractivity contribution < 1.29 is 19.1 Å². The third kappa shape index (κ3) is 5.35. The molecule has 0 unspecified atom stereocenters. The standard InChI is InChI=1S/C28H27N5O4/c1-18(34)33(17-19-3-4-19)25-9-7-21(13-23(25)28(36)37-2)24-8-6-22(15-30-24)27(35)31-14-20-5-10-26-29-11-12-32(26)16-20/h5-13,15-16,19H,3-4,14,17H2,1-2H3,(H,31,35). The summed E-state index contributed by atoms with van der Waals surface area (Å²) in [6.07, 6.45) is 9.17. The molecule has 1 fully saturated rings. The number of rotatable bonds is 8. The highest BCUT2D eigenvalue weighted by Gasteiger charge is 2.29. The third-order valence-electron chi connectivity index (χ3n) is 6.43. The molecule has 0 radical (unpaired) electrons. The highest BCUT2D eigenvalue weighted by molar-refractivity contribution is 6.03. The minimum absolute atomic E-state index is 0.122. The number of anilines is 1. The predicted octanol–water partition coefficient (Wildman–Crippen LogP) is 3.88. The van der Waals surface area contributed by atoms with E-state index < -0.39 is 5.97 Å². The monoisotopic (exact) mass is 497 g/mol. The molecule has 0 aliphatic heterocycles. The van der Waals surface area contributed by atoms with Gasteiger partial charge in [0.1, 0.15) is 5.65 Å². The Balaban J connectivity index is 1.32. The summed E-state index contributed by atoms with van der Waals surface area (Å²) in [6.45, 7) is 2.45. The van der Waals surface area contributed by atoms with Gasteiger partial charge in [-0.3, -0.25) is 14.6 Å². The third-order valence-corrected chi connectivity index (χ3v) is 6.43. The van der Waals surface area contributed by atoms with Gasteiger partial charge in [-0.1, -0.05) is 12.1 Å². The number of carbonyl (C=O) groups excluding carboxylic acids is 3. The average Bonchev–Trinajstić information content (AvgIpc) is 3.63. The van der Waals surface area contributed by atoms with Gasteiger partial charge >= 0.3 is 5.97 Å². The van der Waals surface area contributed by atoms with Crippen LogP contribution in [0.15, 0.2) is 67.3 Å². The lowest BCUT2D eigenvalue weighted by Crippen LogP contribution is -2.32. The van der Waals surface area contributed by atoms with Crippen molar-refractivity contribution in [3.8, 4) is 11.3 Å². The Kier molecular flexibility index (Phi) is 6.68. The highest BCUT2D eigenvalue weighted by Crippen LogP contribution is 2.34. The lowest BCUT2D eigenvalue weighted by Gasteiger charge is -2.23. The van der Waals surface area contributed by atoms with Crippen molar-refractivity contribution in [3.05, 3.63) is 83.9 Å². The molecule has 9 nitrogen and oxygen atoms in total. The van der Waals surface area contributed by atoms with E-state index in [9.17, 15) is 14.4 Å². The highest BCUT2D eigenvalue weighted by atomic mass is 16.5. The van der Waals surface area contributed by atoms with Gasteiger partial charge in [0.25, 0.3) is 5.91 Å². The van der Waals surface area contributed by atoms with Crippen LogP contribution in [-0.4, -0.2) is 45.8 Å². The van der Waals surface area contributed by atoms with Gasteiger partial charge in [-0.25, -0.2) is 9.78 Å². The van der Waals surface area contributed by atoms with Crippen LogP contribution in [0.1, 0.15) is 46.0 Å². The largest absolute Gasteiger partial charge is 0.465 e. The fourth-order valence-electron chi connectivity index (χ4n) is 4.21. The van der Waals surface area contributed by atoms with Crippen molar-refractivity contribution in [1.82, 2.24) is 19.7 Å². The molecule has 4 aromatic rings. The number of carbonyl (C=O) groups is 3. The van der Waals surface area contributed by atoms with Crippen molar-refractivity contribution >= 4 is 29.1 Å². The van der Waals surface area contributed by atoms with Gasteiger partial charge in [0, 0.05) is 50.4 Å². The molecule has 2 amide bonds. The number of nitrogens with zero attached hydrogens (tertiary/aromatic N) is 4. The van der Waals surface area contributed by atoms with Crippen LogP contribution in [0, 0.1) is 5.92 Å². The topological polar surface area (TPSA) is 106 Å². The Bertz CT molecular complexity index is 1470. The van der Waals surface area contributed by atoms with Gasteiger partial charge in [-0.2, -0.15) is 0 Å². The Hall–Kier alpha value is -4.53. The van der Waals surface area contributed by atoms with Crippen LogP contribution in [-0.2, 0) is 16.1 Å². The zero-order valence-corrected chi connectivity index (χ0v) is 20.7. The Labute approximate surface area is 214 Å². The summed E-state index contributed by atoms with van der Waals surface area (Å²) in [4.78, 5) is 47.9. The second-order valence-electron chi connectivity index (χ2n) is 9.14. The van der Waals surface area contributed by atoms with E-state index in [1.54, 1.807) is 35.4 Å². The molecule has 1 N–H and O–H groups in total. The summed E-state index contributed by atoms with van der Waals surface area (Å²) in [5.74, 6) is -0.428. The Morgan fingerprint density at radius 1 is 1.11 bits per heavy atom. The van der Waals surface area contributed by atoms with Crippen LogP contribution in [0.4, 0.5) is 5.69 Å². The second-order valence-corrected chi connectivity index (χ2v) is 9.14. The number of imidazole rings is 1. The summed E-state index contributed by atoms with van der Waals surface area (Å²) >= 11 is 0. The summed E-state index contributed by atoms with van der Waals surface area (Å²) in [7, 11) is 1.32. The maximum Gasteiger partial charge on any atom is 0.340 e. The minimum Gasteiger partial charge on any atom is -0.465 e. The molecule has 1 saturated carbocycles. The number of nitrogens with one attached hydrogen (secondary N) is 1. The number of benzene rings is 1. The van der Waals surface area contributed by atoms with Crippen LogP contribution in [0.2, 0.25) is 0 Å². The van der Waals surface area contributed by atoms with Gasteiger partial charge in [-0.15, -0.1) is 0 Å². The first-order chi connectivity index (χ1) is 17.9. The zero-order chi connectivity index (χ0) is 25.9. The van der Waals surface area contributed by atoms with E-state index in [1.807, 2.05) is 35.0 Å². The number of hydrogen-bond acceptors (Lipinski definition) is 6. The molecule has 37 heavy (non-hydrogen) atoms. The quantitative estimate of drug-likeness (QED) is 0.371. The zero-order valence-electron chi connectivity index (χ0n) is 20.7. The second kappa shape index (κ2) is 10.2. The Morgan fingerprint density at radius 3 is 2.65 bits per heavy atom. The average molecular weight is 498 g/mol. The molecule has 0 atom stereocenters. The fourth-order valence-corrected chi connectivity index (χ4v) is 4.21. The van der Waals surface area contributed by atoms with Crippen molar-refractivity contribution in [1.29, 1.82) is 0 Å². The SMILES string of the molecule is COC(=O)c1cc(-c2ccc(C(=O)NCc3ccc4nccn4c3)cn2)ccc1N(CC1CC1)C(C)=O. The molecule has 1 aliphatic rings. The lowest BCUT2D eigenvalue weighted by molar-refractivity contribution is -0.116. The maximum atomic E-state index is 12.7. The van der Waals surface area contributed by atoms with E-state index >= 15 is 0 Å². The first-order valence-electron chi connectivity index (χ1n) is 12.1. The molecular weight excluding hydrogens is 470 g/mol. The molecule has 3 heterocycles. The van der Waals surface area contributed by atoms with Crippen LogP contribution < -0.4 is 10.2 Å². The molecule has 0 spiro atoms. The normalized spacial score (nSPS) is 12.8. The van der Waals surface area contributed by atoms with Crippen molar-refractivity contribution in [2.45, 2.75) is 26.3 Å². The fraction of sp³-hybridized carbons (Fsp3) is 0.250. The molecule has 3 aromatic heterocycles. The molecule has 1 aromatic carbocycles. The summed E-state index contributed by atoms with van der Waals surface area (Å²) in [6, 6.07) is 12.5. The number of ether oxygens (including phenoxy) is 1. The summed E-state index contributed by atoms with van der Waals surface area (Å²) in [5, 5.41) is 2.90. The maximum absolute atomic E-state index is 12.7. The van der Waals surface area contributed by atoms with Crippen molar-refractivity contribution in [3.63, 3.8) is 0 Å². The van der Waals surface area contributed by atoms with Crippen LogP contribution in [0.3, 0.4) is 0 Å². The molecular formula is C28H27N5O4. The number of pyridine rings is 2. The number of aromatic nitrogens is 3. The molecule has 9 heteroatoms. The first kappa shape index (κ1) is 24.2. The van der Waals surface area contributed by atoms with Gasteiger partial charge in [0.15, 0.2) is 0 Å². The van der Waals surface area contributed by atoms with E-state index in [4.69, 9.17) is 4.74 Å². The van der Waals surface area contributed by atoms with E-state index in [0.29, 0.717) is 47.1 Å². The van der Waals surface area contributed by atoms with Gasteiger partial charge in [0.05, 0.1) is 29.6 Å². The van der Waals surface area contributed by atoms with E-state index in [1.165, 1.54) is 20.2 Å². The molecule has 0 saturated heterocycles. The first-order valence-corrected chi connectivity index (χ1v) is 12.1. The van der Waals surface area contributed by atoms with Gasteiger partial charge in [0.2, 0.25) is 5.91 Å². The molecule has 5 rings (SSSR count). The van der Waals surface area contributed by atoms with Crippen molar-refractivity contribution in [2.75, 3.05) is 18.6 Å². The van der Waals surface area contributed by atoms with E-state index in [-0.39, 0.29) is 11.8 Å². The van der Waals surface area contributed by atoms with Crippen molar-refractivity contribution in [2.24, 2.45) is 5.92 Å². The number of fused-ring (bicyclic) bond motifs is 1. The molecule has 1 aliphatic carbocycles. The number of esters is 1. The summed E-state index contributed by atoms with van der Waals surface area (Å²) in [5.41, 5.74) is 4.31.